The first-order valence-electron chi connectivity index (χ1n) is 6.37. The number of rotatable bonds is 5. The fraction of sp³-hybridized carbons (Fsp3) is 0.467. The molecule has 0 bridgehead atoms. The van der Waals surface area contributed by atoms with Crippen molar-refractivity contribution in [3.05, 3.63) is 35.4 Å². The second-order valence-electron chi connectivity index (χ2n) is 5.59. The van der Waals surface area contributed by atoms with E-state index < -0.39 is 11.5 Å². The Morgan fingerprint density at radius 1 is 1.30 bits per heavy atom. The van der Waals surface area contributed by atoms with Gasteiger partial charge in [0.1, 0.15) is 6.54 Å². The van der Waals surface area contributed by atoms with Crippen molar-refractivity contribution < 1.29 is 14.7 Å². The highest BCUT2D eigenvalue weighted by Crippen LogP contribution is 2.19. The van der Waals surface area contributed by atoms with Crippen molar-refractivity contribution in [1.82, 2.24) is 4.90 Å². The Morgan fingerprint density at radius 2 is 1.95 bits per heavy atom. The van der Waals surface area contributed by atoms with E-state index in [0.717, 1.165) is 11.3 Å². The molecule has 0 aromatic heterocycles. The van der Waals surface area contributed by atoms with Crippen molar-refractivity contribution in [2.45, 2.75) is 32.1 Å². The maximum atomic E-state index is 12.5. The van der Waals surface area contributed by atoms with E-state index in [-0.39, 0.29) is 12.5 Å². The predicted octanol–water partition coefficient (Wildman–Crippen LogP) is 2.87. The van der Waals surface area contributed by atoms with Crippen molar-refractivity contribution >= 4 is 23.6 Å². The van der Waals surface area contributed by atoms with Crippen LogP contribution in [0.4, 0.5) is 0 Å². The van der Waals surface area contributed by atoms with Gasteiger partial charge < -0.3 is 10.0 Å². The number of aliphatic carboxylic acids is 1. The van der Waals surface area contributed by atoms with Gasteiger partial charge in [0.25, 0.3) is 5.91 Å². The SMILES string of the molecule is CSCc1cccc(C(=O)N(CC(=O)O)C(C)(C)C)c1. The molecule has 4 nitrogen and oxygen atoms in total. The van der Waals surface area contributed by atoms with Gasteiger partial charge in [0, 0.05) is 16.9 Å². The highest BCUT2D eigenvalue weighted by atomic mass is 32.2. The van der Waals surface area contributed by atoms with Crippen LogP contribution in [0.3, 0.4) is 0 Å². The van der Waals surface area contributed by atoms with Gasteiger partial charge in [-0.25, -0.2) is 0 Å². The molecule has 0 unspecified atom stereocenters. The van der Waals surface area contributed by atoms with Gasteiger partial charge in [-0.1, -0.05) is 12.1 Å². The van der Waals surface area contributed by atoms with Gasteiger partial charge in [0.05, 0.1) is 0 Å². The monoisotopic (exact) mass is 295 g/mol. The molecule has 0 saturated carbocycles. The number of carboxylic acid groups (broad SMARTS) is 1. The Kier molecular flexibility index (Phi) is 5.62. The first-order chi connectivity index (χ1) is 9.25. The molecule has 1 amide bonds. The lowest BCUT2D eigenvalue weighted by Gasteiger charge is -2.34. The van der Waals surface area contributed by atoms with E-state index in [2.05, 4.69) is 0 Å². The molecule has 0 aliphatic carbocycles. The largest absolute Gasteiger partial charge is 0.480 e. The molecule has 20 heavy (non-hydrogen) atoms. The van der Waals surface area contributed by atoms with Crippen LogP contribution in [0.25, 0.3) is 0 Å². The van der Waals surface area contributed by atoms with E-state index in [9.17, 15) is 9.59 Å². The summed E-state index contributed by atoms with van der Waals surface area (Å²) in [6, 6.07) is 7.36. The molecule has 5 heteroatoms. The number of benzene rings is 1. The summed E-state index contributed by atoms with van der Waals surface area (Å²) in [7, 11) is 0. The van der Waals surface area contributed by atoms with Crippen LogP contribution in [-0.4, -0.2) is 40.2 Å². The van der Waals surface area contributed by atoms with E-state index in [1.165, 1.54) is 4.90 Å². The summed E-state index contributed by atoms with van der Waals surface area (Å²) in [6.07, 6.45) is 2.00. The van der Waals surface area contributed by atoms with E-state index in [0.29, 0.717) is 5.56 Å². The fourth-order valence-electron chi connectivity index (χ4n) is 1.87. The van der Waals surface area contributed by atoms with Gasteiger partial charge in [-0.2, -0.15) is 11.8 Å². The minimum atomic E-state index is -1.01. The topological polar surface area (TPSA) is 57.6 Å². The zero-order valence-corrected chi connectivity index (χ0v) is 13.2. The lowest BCUT2D eigenvalue weighted by Crippen LogP contribution is -2.48. The number of amides is 1. The Morgan fingerprint density at radius 3 is 2.45 bits per heavy atom. The van der Waals surface area contributed by atoms with Crippen LogP contribution in [0.1, 0.15) is 36.7 Å². The molecule has 0 aliphatic heterocycles. The average molecular weight is 295 g/mol. The molecular weight excluding hydrogens is 274 g/mol. The summed E-state index contributed by atoms with van der Waals surface area (Å²) >= 11 is 1.68. The van der Waals surface area contributed by atoms with Crippen LogP contribution in [0, 0.1) is 0 Å². The third kappa shape index (κ3) is 4.56. The van der Waals surface area contributed by atoms with E-state index in [1.54, 1.807) is 17.8 Å². The number of hydrogen-bond donors (Lipinski definition) is 1. The number of nitrogens with zero attached hydrogens (tertiary/aromatic N) is 1. The molecule has 0 fully saturated rings. The predicted molar refractivity (Wildman–Crippen MR) is 82.1 cm³/mol. The van der Waals surface area contributed by atoms with Crippen molar-refractivity contribution in [3.8, 4) is 0 Å². The molecule has 1 aromatic carbocycles. The fourth-order valence-corrected chi connectivity index (χ4v) is 2.38. The Labute approximate surface area is 124 Å². The highest BCUT2D eigenvalue weighted by molar-refractivity contribution is 7.97. The quantitative estimate of drug-likeness (QED) is 0.907. The Bertz CT molecular complexity index is 494. The van der Waals surface area contributed by atoms with Crippen molar-refractivity contribution in [2.24, 2.45) is 0 Å². The van der Waals surface area contributed by atoms with Gasteiger partial charge in [0.15, 0.2) is 0 Å². The highest BCUT2D eigenvalue weighted by Gasteiger charge is 2.29. The summed E-state index contributed by atoms with van der Waals surface area (Å²) in [5, 5.41) is 8.98. The number of carbonyl (C=O) groups excluding carboxylic acids is 1. The maximum Gasteiger partial charge on any atom is 0.323 e. The number of carboxylic acids is 1. The Balaban J connectivity index is 3.05. The zero-order valence-electron chi connectivity index (χ0n) is 12.3. The Hall–Kier alpha value is -1.49. The summed E-state index contributed by atoms with van der Waals surface area (Å²) < 4.78 is 0. The minimum Gasteiger partial charge on any atom is -0.480 e. The molecule has 0 radical (unpaired) electrons. The minimum absolute atomic E-state index is 0.247. The van der Waals surface area contributed by atoms with Crippen molar-refractivity contribution in [1.29, 1.82) is 0 Å². The lowest BCUT2D eigenvalue weighted by molar-refractivity contribution is -0.138. The molecule has 1 aromatic rings. The first kappa shape index (κ1) is 16.6. The number of carbonyl (C=O) groups is 2. The number of hydrogen-bond acceptors (Lipinski definition) is 3. The van der Waals surface area contributed by atoms with Crippen LogP contribution in [0.5, 0.6) is 0 Å². The summed E-state index contributed by atoms with van der Waals surface area (Å²) in [5.41, 5.74) is 1.06. The average Bonchev–Trinajstić information content (AvgIpc) is 2.34. The third-order valence-electron chi connectivity index (χ3n) is 2.83. The number of thioether (sulfide) groups is 1. The molecule has 0 aliphatic rings. The zero-order chi connectivity index (χ0) is 15.3. The van der Waals surface area contributed by atoms with Crippen LogP contribution in [0.2, 0.25) is 0 Å². The third-order valence-corrected chi connectivity index (χ3v) is 3.46. The van der Waals surface area contributed by atoms with Crippen LogP contribution in [-0.2, 0) is 10.5 Å². The summed E-state index contributed by atoms with van der Waals surface area (Å²) in [4.78, 5) is 24.9. The molecule has 1 rings (SSSR count). The molecule has 0 saturated heterocycles. The molecule has 110 valence electrons. The molecule has 1 N–H and O–H groups in total. The first-order valence-corrected chi connectivity index (χ1v) is 7.76. The van der Waals surface area contributed by atoms with Gasteiger partial charge in [0.2, 0.25) is 0 Å². The van der Waals surface area contributed by atoms with Crippen molar-refractivity contribution in [3.63, 3.8) is 0 Å². The summed E-state index contributed by atoms with van der Waals surface area (Å²) in [6.45, 7) is 5.20. The summed E-state index contributed by atoms with van der Waals surface area (Å²) in [5.74, 6) is -0.424. The molecular formula is C15H21NO3S. The van der Waals surface area contributed by atoms with Gasteiger partial charge >= 0.3 is 5.97 Å². The van der Waals surface area contributed by atoms with E-state index in [4.69, 9.17) is 5.11 Å². The lowest BCUT2D eigenvalue weighted by atomic mass is 10.0. The molecule has 0 atom stereocenters. The smallest absolute Gasteiger partial charge is 0.323 e. The maximum absolute atomic E-state index is 12.5. The van der Waals surface area contributed by atoms with Crippen LogP contribution in [0.15, 0.2) is 24.3 Å². The van der Waals surface area contributed by atoms with Crippen LogP contribution < -0.4 is 0 Å². The van der Waals surface area contributed by atoms with Crippen LogP contribution >= 0.6 is 11.8 Å². The second kappa shape index (κ2) is 6.79. The second-order valence-corrected chi connectivity index (χ2v) is 6.46. The molecule has 0 spiro atoms. The van der Waals surface area contributed by atoms with E-state index >= 15 is 0 Å². The van der Waals surface area contributed by atoms with Gasteiger partial charge in [-0.3, -0.25) is 9.59 Å². The molecule has 0 heterocycles. The van der Waals surface area contributed by atoms with E-state index in [1.807, 2.05) is 45.2 Å². The standard InChI is InChI=1S/C15H21NO3S/c1-15(2,3)16(9-13(17)18)14(19)12-7-5-6-11(8-12)10-20-4/h5-8H,9-10H2,1-4H3,(H,17,18). The van der Waals surface area contributed by atoms with Gasteiger partial charge in [-0.15, -0.1) is 0 Å². The van der Waals surface area contributed by atoms with Gasteiger partial charge in [-0.05, 0) is 44.7 Å². The normalized spacial score (nSPS) is 11.2. The van der Waals surface area contributed by atoms with Crippen molar-refractivity contribution in [2.75, 3.05) is 12.8 Å².